The SMILES string of the molecule is CCc1cc(O)c(O)c(C)c1O. The summed E-state index contributed by atoms with van der Waals surface area (Å²) in [5, 5.41) is 27.8. The van der Waals surface area contributed by atoms with Gasteiger partial charge in [0.1, 0.15) is 5.75 Å². The van der Waals surface area contributed by atoms with Crippen molar-refractivity contribution >= 4 is 0 Å². The molecule has 0 aliphatic rings. The highest BCUT2D eigenvalue weighted by molar-refractivity contribution is 5.55. The van der Waals surface area contributed by atoms with Crippen LogP contribution in [0.25, 0.3) is 0 Å². The highest BCUT2D eigenvalue weighted by atomic mass is 16.3. The Labute approximate surface area is 70.9 Å². The molecule has 12 heavy (non-hydrogen) atoms. The summed E-state index contributed by atoms with van der Waals surface area (Å²) >= 11 is 0. The molecule has 0 heterocycles. The maximum atomic E-state index is 9.43. The summed E-state index contributed by atoms with van der Waals surface area (Å²) in [6, 6.07) is 1.37. The van der Waals surface area contributed by atoms with Crippen molar-refractivity contribution in [2.75, 3.05) is 0 Å². The summed E-state index contributed by atoms with van der Waals surface area (Å²) in [4.78, 5) is 0. The second kappa shape index (κ2) is 2.93. The zero-order chi connectivity index (χ0) is 9.30. The van der Waals surface area contributed by atoms with Gasteiger partial charge in [-0.1, -0.05) is 6.92 Å². The lowest BCUT2D eigenvalue weighted by Gasteiger charge is -2.08. The van der Waals surface area contributed by atoms with Crippen molar-refractivity contribution < 1.29 is 15.3 Å². The Morgan fingerprint density at radius 2 is 1.75 bits per heavy atom. The fraction of sp³-hybridized carbons (Fsp3) is 0.333. The van der Waals surface area contributed by atoms with Gasteiger partial charge in [-0.15, -0.1) is 0 Å². The molecule has 0 amide bonds. The number of rotatable bonds is 1. The summed E-state index contributed by atoms with van der Waals surface area (Å²) in [5.74, 6) is -0.361. The number of aryl methyl sites for hydroxylation is 1. The van der Waals surface area contributed by atoms with Crippen molar-refractivity contribution in [3.63, 3.8) is 0 Å². The third kappa shape index (κ3) is 1.18. The molecule has 0 saturated heterocycles. The smallest absolute Gasteiger partial charge is 0.164 e. The van der Waals surface area contributed by atoms with Crippen molar-refractivity contribution in [3.8, 4) is 17.2 Å². The van der Waals surface area contributed by atoms with Crippen molar-refractivity contribution in [2.24, 2.45) is 0 Å². The van der Waals surface area contributed by atoms with Gasteiger partial charge in [-0.2, -0.15) is 0 Å². The van der Waals surface area contributed by atoms with Gasteiger partial charge in [0.25, 0.3) is 0 Å². The van der Waals surface area contributed by atoms with E-state index in [1.54, 1.807) is 6.92 Å². The first-order valence-electron chi connectivity index (χ1n) is 3.81. The molecule has 0 aromatic heterocycles. The van der Waals surface area contributed by atoms with Gasteiger partial charge in [0.05, 0.1) is 0 Å². The molecule has 0 bridgehead atoms. The monoisotopic (exact) mass is 168 g/mol. The first-order chi connectivity index (χ1) is 5.57. The van der Waals surface area contributed by atoms with Crippen LogP contribution in [-0.4, -0.2) is 15.3 Å². The highest BCUT2D eigenvalue weighted by Crippen LogP contribution is 2.37. The molecule has 3 heteroatoms. The van der Waals surface area contributed by atoms with Gasteiger partial charge >= 0.3 is 0 Å². The third-order valence-electron chi connectivity index (χ3n) is 1.95. The van der Waals surface area contributed by atoms with Crippen molar-refractivity contribution in [1.82, 2.24) is 0 Å². The predicted octanol–water partition coefficient (Wildman–Crippen LogP) is 1.67. The minimum Gasteiger partial charge on any atom is -0.507 e. The van der Waals surface area contributed by atoms with Gasteiger partial charge in [-0.05, 0) is 25.0 Å². The number of phenols is 3. The van der Waals surface area contributed by atoms with Crippen LogP contribution in [0.5, 0.6) is 17.2 Å². The molecule has 0 saturated carbocycles. The molecule has 0 atom stereocenters. The standard InChI is InChI=1S/C9H12O3/c1-3-6-4-7(10)9(12)5(2)8(6)11/h4,10-12H,3H2,1-2H3. The zero-order valence-electron chi connectivity index (χ0n) is 7.13. The third-order valence-corrected chi connectivity index (χ3v) is 1.95. The predicted molar refractivity (Wildman–Crippen MR) is 45.6 cm³/mol. The summed E-state index contributed by atoms with van der Waals surface area (Å²) in [7, 11) is 0. The summed E-state index contributed by atoms with van der Waals surface area (Å²) in [6.45, 7) is 3.43. The Morgan fingerprint density at radius 1 is 1.17 bits per heavy atom. The number of aromatic hydroxyl groups is 3. The average molecular weight is 168 g/mol. The van der Waals surface area contributed by atoms with E-state index in [0.29, 0.717) is 17.5 Å². The number of phenolic OH excluding ortho intramolecular Hbond substituents is 3. The van der Waals surface area contributed by atoms with E-state index in [1.165, 1.54) is 6.07 Å². The number of benzene rings is 1. The van der Waals surface area contributed by atoms with E-state index in [9.17, 15) is 15.3 Å². The minimum atomic E-state index is -0.246. The minimum absolute atomic E-state index is 0.0628. The molecular formula is C9H12O3. The van der Waals surface area contributed by atoms with Crippen LogP contribution in [0, 0.1) is 6.92 Å². The van der Waals surface area contributed by atoms with Crippen LogP contribution < -0.4 is 0 Å². The van der Waals surface area contributed by atoms with E-state index in [1.807, 2.05) is 6.92 Å². The Morgan fingerprint density at radius 3 is 2.25 bits per heavy atom. The van der Waals surface area contributed by atoms with Gasteiger partial charge in [0.2, 0.25) is 0 Å². The van der Waals surface area contributed by atoms with Crippen molar-refractivity contribution in [1.29, 1.82) is 0 Å². The lowest BCUT2D eigenvalue weighted by molar-refractivity contribution is 0.390. The van der Waals surface area contributed by atoms with Crippen LogP contribution in [0.2, 0.25) is 0 Å². The number of hydrogen-bond acceptors (Lipinski definition) is 3. The van der Waals surface area contributed by atoms with E-state index in [0.717, 1.165) is 0 Å². The second-order valence-electron chi connectivity index (χ2n) is 2.73. The fourth-order valence-electron chi connectivity index (χ4n) is 1.12. The molecule has 0 aliphatic carbocycles. The van der Waals surface area contributed by atoms with E-state index in [4.69, 9.17) is 0 Å². The Balaban J connectivity index is 3.39. The lowest BCUT2D eigenvalue weighted by Crippen LogP contribution is -1.86. The molecule has 0 aliphatic heterocycles. The van der Waals surface area contributed by atoms with E-state index in [-0.39, 0.29) is 17.2 Å². The van der Waals surface area contributed by atoms with E-state index in [2.05, 4.69) is 0 Å². The molecular weight excluding hydrogens is 156 g/mol. The molecule has 0 radical (unpaired) electrons. The maximum Gasteiger partial charge on any atom is 0.164 e. The molecule has 1 aromatic carbocycles. The Hall–Kier alpha value is -1.38. The first kappa shape index (κ1) is 8.71. The van der Waals surface area contributed by atoms with Gasteiger partial charge in [-0.3, -0.25) is 0 Å². The number of hydrogen-bond donors (Lipinski definition) is 3. The van der Waals surface area contributed by atoms with Crippen LogP contribution in [0.15, 0.2) is 6.07 Å². The van der Waals surface area contributed by atoms with Gasteiger partial charge in [0, 0.05) is 5.56 Å². The fourth-order valence-corrected chi connectivity index (χ4v) is 1.12. The molecule has 0 fully saturated rings. The topological polar surface area (TPSA) is 60.7 Å². The molecule has 1 rings (SSSR count). The quantitative estimate of drug-likeness (QED) is 0.441. The van der Waals surface area contributed by atoms with Crippen LogP contribution in [0.4, 0.5) is 0 Å². The summed E-state index contributed by atoms with van der Waals surface area (Å²) in [6.07, 6.45) is 0.626. The highest BCUT2D eigenvalue weighted by Gasteiger charge is 2.11. The van der Waals surface area contributed by atoms with Gasteiger partial charge < -0.3 is 15.3 Å². The summed E-state index contributed by atoms with van der Waals surface area (Å²) in [5.41, 5.74) is 0.967. The molecule has 66 valence electrons. The second-order valence-corrected chi connectivity index (χ2v) is 2.73. The molecule has 3 N–H and O–H groups in total. The first-order valence-corrected chi connectivity index (χ1v) is 3.81. The zero-order valence-corrected chi connectivity index (χ0v) is 7.13. The van der Waals surface area contributed by atoms with Crippen molar-refractivity contribution in [3.05, 3.63) is 17.2 Å². The average Bonchev–Trinajstić information content (AvgIpc) is 2.08. The molecule has 0 unspecified atom stereocenters. The largest absolute Gasteiger partial charge is 0.507 e. The van der Waals surface area contributed by atoms with Crippen LogP contribution in [-0.2, 0) is 6.42 Å². The normalized spacial score (nSPS) is 10.2. The van der Waals surface area contributed by atoms with Gasteiger partial charge in [-0.25, -0.2) is 0 Å². The Bertz CT molecular complexity index is 305. The van der Waals surface area contributed by atoms with Crippen LogP contribution in [0.1, 0.15) is 18.1 Å². The summed E-state index contributed by atoms with van der Waals surface area (Å²) < 4.78 is 0. The molecule has 1 aromatic rings. The van der Waals surface area contributed by atoms with E-state index >= 15 is 0 Å². The maximum absolute atomic E-state index is 9.43. The van der Waals surface area contributed by atoms with Gasteiger partial charge in [0.15, 0.2) is 11.5 Å². The Kier molecular flexibility index (Phi) is 2.13. The van der Waals surface area contributed by atoms with Crippen molar-refractivity contribution in [2.45, 2.75) is 20.3 Å². The lowest BCUT2D eigenvalue weighted by atomic mass is 10.1. The molecule has 3 nitrogen and oxygen atoms in total. The van der Waals surface area contributed by atoms with Crippen LogP contribution >= 0.6 is 0 Å². The van der Waals surface area contributed by atoms with E-state index < -0.39 is 0 Å². The molecule has 0 spiro atoms. The van der Waals surface area contributed by atoms with Crippen LogP contribution in [0.3, 0.4) is 0 Å².